The van der Waals surface area contributed by atoms with Crippen molar-refractivity contribution in [2.45, 2.75) is 33.2 Å². The number of hydrogen-bond donors (Lipinski definition) is 2. The smallest absolute Gasteiger partial charge is 0.253 e. The molecule has 3 rings (SSSR count). The number of amides is 2. The fourth-order valence-electron chi connectivity index (χ4n) is 2.96. The van der Waals surface area contributed by atoms with Gasteiger partial charge in [-0.05, 0) is 48.7 Å². The summed E-state index contributed by atoms with van der Waals surface area (Å²) in [7, 11) is 0. The van der Waals surface area contributed by atoms with Crippen molar-refractivity contribution in [2.24, 2.45) is 5.92 Å². The Kier molecular flexibility index (Phi) is 6.45. The molecule has 152 valence electrons. The van der Waals surface area contributed by atoms with Crippen LogP contribution in [0.4, 0.5) is 5.69 Å². The number of anilines is 1. The van der Waals surface area contributed by atoms with Crippen molar-refractivity contribution in [3.05, 3.63) is 57.9 Å². The number of halogens is 2. The predicted octanol–water partition coefficient (Wildman–Crippen LogP) is 5.23. The van der Waals surface area contributed by atoms with Crippen molar-refractivity contribution in [2.75, 3.05) is 5.32 Å². The van der Waals surface area contributed by atoms with E-state index < -0.39 is 11.9 Å². The maximum atomic E-state index is 12.9. The molecular weight excluding hydrogens is 413 g/mol. The molecule has 6 nitrogen and oxygen atoms in total. The van der Waals surface area contributed by atoms with E-state index in [0.29, 0.717) is 34.1 Å². The summed E-state index contributed by atoms with van der Waals surface area (Å²) in [5.74, 6) is -0.0209. The molecule has 2 amide bonds. The molecule has 8 heteroatoms. The highest BCUT2D eigenvalue weighted by atomic mass is 35.5. The molecular formula is C21H21Cl2N3O3. The summed E-state index contributed by atoms with van der Waals surface area (Å²) >= 11 is 12.0. The second-order valence-corrected chi connectivity index (χ2v) is 8.03. The topological polar surface area (TPSA) is 84.2 Å². The molecule has 0 fully saturated rings. The van der Waals surface area contributed by atoms with Crippen LogP contribution in [0.25, 0.3) is 11.1 Å². The van der Waals surface area contributed by atoms with E-state index in [1.165, 1.54) is 12.1 Å². The zero-order chi connectivity index (χ0) is 21.1. The standard InChI is InChI=1S/C21H21Cl2N3O3/c1-11(2)8-18(26-20(27)15-6-4-13(22)9-16(15)23)21(28)25-14-5-7-19-17(10-14)24-12(3)29-19/h4-7,9-11,18H,8H2,1-3H3,(H,25,28)(H,26,27). The zero-order valence-electron chi connectivity index (χ0n) is 16.3. The maximum absolute atomic E-state index is 12.9. The number of hydrogen-bond acceptors (Lipinski definition) is 4. The van der Waals surface area contributed by atoms with Crippen LogP contribution in [0.2, 0.25) is 10.0 Å². The summed E-state index contributed by atoms with van der Waals surface area (Å²) < 4.78 is 5.45. The fraction of sp³-hybridized carbons (Fsp3) is 0.286. The lowest BCUT2D eigenvalue weighted by atomic mass is 10.0. The van der Waals surface area contributed by atoms with Crippen LogP contribution in [-0.2, 0) is 4.79 Å². The lowest BCUT2D eigenvalue weighted by molar-refractivity contribution is -0.118. The Morgan fingerprint density at radius 2 is 1.90 bits per heavy atom. The van der Waals surface area contributed by atoms with Crippen molar-refractivity contribution >= 4 is 51.8 Å². The Labute approximate surface area is 178 Å². The van der Waals surface area contributed by atoms with Crippen LogP contribution in [0.5, 0.6) is 0 Å². The monoisotopic (exact) mass is 433 g/mol. The minimum atomic E-state index is -0.732. The Morgan fingerprint density at radius 3 is 2.59 bits per heavy atom. The average molecular weight is 434 g/mol. The molecule has 2 N–H and O–H groups in total. The summed E-state index contributed by atoms with van der Waals surface area (Å²) in [6, 6.07) is 9.08. The number of aryl methyl sites for hydroxylation is 1. The third-order valence-electron chi connectivity index (χ3n) is 4.27. The van der Waals surface area contributed by atoms with E-state index in [1.54, 1.807) is 31.2 Å². The lowest BCUT2D eigenvalue weighted by Crippen LogP contribution is -2.44. The number of fused-ring (bicyclic) bond motifs is 1. The molecule has 1 heterocycles. The molecule has 29 heavy (non-hydrogen) atoms. The van der Waals surface area contributed by atoms with Crippen molar-refractivity contribution in [3.8, 4) is 0 Å². The minimum absolute atomic E-state index is 0.187. The Balaban J connectivity index is 1.77. The third-order valence-corrected chi connectivity index (χ3v) is 4.81. The SMILES string of the molecule is Cc1nc2cc(NC(=O)C(CC(C)C)NC(=O)c3ccc(Cl)cc3Cl)ccc2o1. The molecule has 0 saturated heterocycles. The van der Waals surface area contributed by atoms with Crippen molar-refractivity contribution in [1.82, 2.24) is 10.3 Å². The molecule has 1 aromatic heterocycles. The van der Waals surface area contributed by atoms with Crippen LogP contribution in [0.15, 0.2) is 40.8 Å². The maximum Gasteiger partial charge on any atom is 0.253 e. The van der Waals surface area contributed by atoms with Crippen LogP contribution in [0.1, 0.15) is 36.5 Å². The van der Waals surface area contributed by atoms with Crippen molar-refractivity contribution < 1.29 is 14.0 Å². The third kappa shape index (κ3) is 5.28. The van der Waals surface area contributed by atoms with Gasteiger partial charge in [-0.1, -0.05) is 37.0 Å². The van der Waals surface area contributed by atoms with Gasteiger partial charge in [-0.15, -0.1) is 0 Å². The molecule has 0 spiro atoms. The molecule has 0 bridgehead atoms. The van der Waals surface area contributed by atoms with Crippen molar-refractivity contribution in [1.29, 1.82) is 0 Å². The normalized spacial score (nSPS) is 12.2. The van der Waals surface area contributed by atoms with Gasteiger partial charge in [0.2, 0.25) is 5.91 Å². The van der Waals surface area contributed by atoms with Gasteiger partial charge in [0.15, 0.2) is 11.5 Å². The molecule has 0 radical (unpaired) electrons. The number of nitrogens with zero attached hydrogens (tertiary/aromatic N) is 1. The van der Waals surface area contributed by atoms with Crippen molar-refractivity contribution in [3.63, 3.8) is 0 Å². The van der Waals surface area contributed by atoms with Gasteiger partial charge >= 0.3 is 0 Å². The number of rotatable bonds is 6. The number of carbonyl (C=O) groups is 2. The number of benzene rings is 2. The van der Waals surface area contributed by atoms with E-state index >= 15 is 0 Å². The van der Waals surface area contributed by atoms with E-state index in [0.717, 1.165) is 0 Å². The van der Waals surface area contributed by atoms with Crippen LogP contribution < -0.4 is 10.6 Å². The zero-order valence-corrected chi connectivity index (χ0v) is 17.8. The number of aromatic nitrogens is 1. The van der Waals surface area contributed by atoms with Crippen LogP contribution in [0, 0.1) is 12.8 Å². The molecule has 0 aliphatic carbocycles. The highest BCUT2D eigenvalue weighted by Gasteiger charge is 2.24. The Hall–Kier alpha value is -2.57. The molecule has 1 unspecified atom stereocenters. The first-order valence-corrected chi connectivity index (χ1v) is 9.92. The molecule has 0 aliphatic heterocycles. The molecule has 3 aromatic rings. The molecule has 2 aromatic carbocycles. The van der Waals surface area contributed by atoms with Crippen LogP contribution in [-0.4, -0.2) is 22.8 Å². The first-order chi connectivity index (χ1) is 13.7. The van der Waals surface area contributed by atoms with E-state index in [1.807, 2.05) is 13.8 Å². The fourth-order valence-corrected chi connectivity index (χ4v) is 3.46. The van der Waals surface area contributed by atoms with Gasteiger partial charge in [0.25, 0.3) is 5.91 Å². The molecule has 1 atom stereocenters. The first-order valence-electron chi connectivity index (χ1n) is 9.17. The Morgan fingerprint density at radius 1 is 1.14 bits per heavy atom. The van der Waals surface area contributed by atoms with E-state index in [4.69, 9.17) is 27.6 Å². The minimum Gasteiger partial charge on any atom is -0.441 e. The molecule has 0 aliphatic rings. The largest absolute Gasteiger partial charge is 0.441 e. The van der Waals surface area contributed by atoms with E-state index in [9.17, 15) is 9.59 Å². The summed E-state index contributed by atoms with van der Waals surface area (Å²) in [5, 5.41) is 6.27. The van der Waals surface area contributed by atoms with Crippen LogP contribution in [0.3, 0.4) is 0 Å². The number of nitrogens with one attached hydrogen (secondary N) is 2. The van der Waals surface area contributed by atoms with E-state index in [-0.39, 0.29) is 22.4 Å². The van der Waals surface area contributed by atoms with Gasteiger partial charge < -0.3 is 15.1 Å². The number of carbonyl (C=O) groups excluding carboxylic acids is 2. The molecule has 0 saturated carbocycles. The highest BCUT2D eigenvalue weighted by Crippen LogP contribution is 2.22. The summed E-state index contributed by atoms with van der Waals surface area (Å²) in [4.78, 5) is 29.8. The second-order valence-electron chi connectivity index (χ2n) is 7.18. The summed E-state index contributed by atoms with van der Waals surface area (Å²) in [6.07, 6.45) is 0.466. The summed E-state index contributed by atoms with van der Waals surface area (Å²) in [5.41, 5.74) is 2.13. The van der Waals surface area contributed by atoms with Gasteiger partial charge in [-0.25, -0.2) is 4.98 Å². The van der Waals surface area contributed by atoms with Crippen LogP contribution >= 0.6 is 23.2 Å². The second kappa shape index (κ2) is 8.84. The van der Waals surface area contributed by atoms with Gasteiger partial charge in [0.05, 0.1) is 10.6 Å². The highest BCUT2D eigenvalue weighted by molar-refractivity contribution is 6.36. The van der Waals surface area contributed by atoms with E-state index in [2.05, 4.69) is 15.6 Å². The van der Waals surface area contributed by atoms with Gasteiger partial charge in [-0.3, -0.25) is 9.59 Å². The quantitative estimate of drug-likeness (QED) is 0.557. The van der Waals surface area contributed by atoms with Gasteiger partial charge in [0, 0.05) is 17.6 Å². The Bertz CT molecular complexity index is 1060. The first kappa shape index (κ1) is 21.1. The van der Waals surface area contributed by atoms with Gasteiger partial charge in [-0.2, -0.15) is 0 Å². The number of oxazole rings is 1. The average Bonchev–Trinajstić information content (AvgIpc) is 2.99. The lowest BCUT2D eigenvalue weighted by Gasteiger charge is -2.20. The predicted molar refractivity (Wildman–Crippen MR) is 115 cm³/mol. The summed E-state index contributed by atoms with van der Waals surface area (Å²) in [6.45, 7) is 5.71. The van der Waals surface area contributed by atoms with Gasteiger partial charge in [0.1, 0.15) is 11.6 Å².